The molecule has 0 amide bonds. The van der Waals surface area contributed by atoms with E-state index < -0.39 is 0 Å². The Hall–Kier alpha value is 0.250. The lowest BCUT2D eigenvalue weighted by atomic mass is 9.75. The van der Waals surface area contributed by atoms with Crippen LogP contribution < -0.4 is 4.84 Å². The molecule has 0 aromatic rings. The van der Waals surface area contributed by atoms with Crippen molar-refractivity contribution >= 4 is 11.8 Å². The highest BCUT2D eigenvalue weighted by molar-refractivity contribution is 6.13. The zero-order valence-electron chi connectivity index (χ0n) is 6.78. The van der Waals surface area contributed by atoms with Crippen molar-refractivity contribution in [3.05, 3.63) is 0 Å². The summed E-state index contributed by atoms with van der Waals surface area (Å²) < 4.78 is 0. The summed E-state index contributed by atoms with van der Waals surface area (Å²) in [7, 11) is 0. The second-order valence-corrected chi connectivity index (χ2v) is 4.28. The predicted molar refractivity (Wildman–Crippen MR) is 45.0 cm³/mol. The third kappa shape index (κ3) is 2.14. The summed E-state index contributed by atoms with van der Waals surface area (Å²) in [6, 6.07) is 0.547. The second kappa shape index (κ2) is 3.10. The zero-order chi connectivity index (χ0) is 7.61. The molecule has 1 aliphatic carbocycles. The fourth-order valence-corrected chi connectivity index (χ4v) is 1.98. The molecule has 1 nitrogen and oxygen atoms in total. The molecule has 0 bridgehead atoms. The van der Waals surface area contributed by atoms with Crippen LogP contribution in [0.25, 0.3) is 0 Å². The van der Waals surface area contributed by atoms with Crippen molar-refractivity contribution in [2.45, 2.75) is 45.6 Å². The molecule has 1 atom stereocenters. The second-order valence-electron chi connectivity index (χ2n) is 4.07. The van der Waals surface area contributed by atoms with Crippen LogP contribution in [-0.4, -0.2) is 6.04 Å². The molecule has 0 radical (unpaired) electrons. The topological polar surface area (TPSA) is 12.0 Å². The summed E-state index contributed by atoms with van der Waals surface area (Å²) in [4.78, 5) is 2.83. The molecule has 60 valence electrons. The van der Waals surface area contributed by atoms with Gasteiger partial charge in [0.1, 0.15) is 0 Å². The van der Waals surface area contributed by atoms with E-state index in [9.17, 15) is 0 Å². The van der Waals surface area contributed by atoms with E-state index in [-0.39, 0.29) is 0 Å². The fourth-order valence-electron chi connectivity index (χ4n) is 1.79. The maximum absolute atomic E-state index is 5.56. The van der Waals surface area contributed by atoms with E-state index in [2.05, 4.69) is 18.7 Å². The number of hydrogen-bond acceptors (Lipinski definition) is 1. The Morgan fingerprint density at radius 3 is 2.60 bits per heavy atom. The van der Waals surface area contributed by atoms with Crippen LogP contribution in [-0.2, 0) is 0 Å². The van der Waals surface area contributed by atoms with Crippen LogP contribution in [0.3, 0.4) is 0 Å². The third-order valence-electron chi connectivity index (χ3n) is 2.36. The number of nitrogens with one attached hydrogen (secondary N) is 1. The van der Waals surface area contributed by atoms with E-state index in [1.165, 1.54) is 25.7 Å². The molecule has 0 aliphatic heterocycles. The largest absolute Gasteiger partial charge is 0.230 e. The van der Waals surface area contributed by atoms with E-state index >= 15 is 0 Å². The molecule has 0 aromatic carbocycles. The van der Waals surface area contributed by atoms with Crippen LogP contribution in [0, 0.1) is 5.41 Å². The van der Waals surface area contributed by atoms with Crippen molar-refractivity contribution in [3.8, 4) is 0 Å². The Bertz CT molecular complexity index is 112. The first-order valence-electron chi connectivity index (χ1n) is 4.00. The molecular formula is C8H16ClN. The normalized spacial score (nSPS) is 32.1. The Balaban J connectivity index is 2.40. The number of hydrogen-bond donors (Lipinski definition) is 1. The molecular weight excluding hydrogens is 146 g/mol. The molecule has 0 spiro atoms. The highest BCUT2D eigenvalue weighted by Gasteiger charge is 2.27. The van der Waals surface area contributed by atoms with E-state index in [1.807, 2.05) is 0 Å². The lowest BCUT2D eigenvalue weighted by molar-refractivity contribution is 0.213. The van der Waals surface area contributed by atoms with E-state index in [0.29, 0.717) is 11.5 Å². The molecule has 2 heteroatoms. The molecule has 1 aliphatic rings. The van der Waals surface area contributed by atoms with E-state index in [4.69, 9.17) is 11.8 Å². The van der Waals surface area contributed by atoms with Crippen LogP contribution >= 0.6 is 11.8 Å². The van der Waals surface area contributed by atoms with Gasteiger partial charge in [-0.1, -0.05) is 20.3 Å². The summed E-state index contributed by atoms with van der Waals surface area (Å²) >= 11 is 5.56. The van der Waals surface area contributed by atoms with Crippen molar-refractivity contribution in [1.82, 2.24) is 4.84 Å². The lowest BCUT2D eigenvalue weighted by Crippen LogP contribution is -2.32. The maximum Gasteiger partial charge on any atom is 0.0226 e. The highest BCUT2D eigenvalue weighted by Crippen LogP contribution is 2.35. The van der Waals surface area contributed by atoms with Gasteiger partial charge in [0, 0.05) is 6.04 Å². The Morgan fingerprint density at radius 1 is 1.50 bits per heavy atom. The van der Waals surface area contributed by atoms with Crippen molar-refractivity contribution < 1.29 is 0 Å². The summed E-state index contributed by atoms with van der Waals surface area (Å²) in [5.74, 6) is 0. The minimum Gasteiger partial charge on any atom is -0.230 e. The smallest absolute Gasteiger partial charge is 0.0226 e. The van der Waals surface area contributed by atoms with Gasteiger partial charge in [-0.2, -0.15) is 0 Å². The molecule has 0 unspecified atom stereocenters. The SMILES string of the molecule is CC1(C)CCC[C@@H](NCl)C1. The van der Waals surface area contributed by atoms with Gasteiger partial charge in [0.25, 0.3) is 0 Å². The van der Waals surface area contributed by atoms with Crippen LogP contribution in [0.1, 0.15) is 39.5 Å². The van der Waals surface area contributed by atoms with Gasteiger partial charge >= 0.3 is 0 Å². The lowest BCUT2D eigenvalue weighted by Gasteiger charge is -2.34. The van der Waals surface area contributed by atoms with Gasteiger partial charge < -0.3 is 0 Å². The highest BCUT2D eigenvalue weighted by atomic mass is 35.5. The van der Waals surface area contributed by atoms with Gasteiger partial charge in [-0.3, -0.25) is 0 Å². The van der Waals surface area contributed by atoms with Gasteiger partial charge in [-0.15, -0.1) is 0 Å². The molecule has 10 heavy (non-hydrogen) atoms. The first kappa shape index (κ1) is 8.35. The molecule has 1 N–H and O–H groups in total. The number of rotatable bonds is 1. The van der Waals surface area contributed by atoms with Crippen LogP contribution in [0.4, 0.5) is 0 Å². The molecule has 1 fully saturated rings. The average Bonchev–Trinajstić information content (AvgIpc) is 1.86. The number of halogens is 1. The zero-order valence-corrected chi connectivity index (χ0v) is 7.54. The van der Waals surface area contributed by atoms with E-state index in [1.54, 1.807) is 0 Å². The first-order valence-corrected chi connectivity index (χ1v) is 4.38. The first-order chi connectivity index (χ1) is 4.64. The fraction of sp³-hybridized carbons (Fsp3) is 1.00. The van der Waals surface area contributed by atoms with Crippen molar-refractivity contribution in [1.29, 1.82) is 0 Å². The predicted octanol–water partition coefficient (Wildman–Crippen LogP) is 2.70. The van der Waals surface area contributed by atoms with Gasteiger partial charge in [0.15, 0.2) is 0 Å². The summed E-state index contributed by atoms with van der Waals surface area (Å²) in [6.07, 6.45) is 5.13. The Labute approximate surface area is 68.3 Å². The standard InChI is InChI=1S/C8H16ClN/c1-8(2)5-3-4-7(6-8)10-9/h7,10H,3-6H2,1-2H3/t7-/m1/s1. The van der Waals surface area contributed by atoms with Crippen molar-refractivity contribution in [2.75, 3.05) is 0 Å². The summed E-state index contributed by atoms with van der Waals surface area (Å²) in [5.41, 5.74) is 0.505. The van der Waals surface area contributed by atoms with Gasteiger partial charge in [-0.05, 0) is 36.5 Å². The maximum atomic E-state index is 5.56. The molecule has 0 aromatic heterocycles. The molecule has 0 heterocycles. The quantitative estimate of drug-likeness (QED) is 0.584. The van der Waals surface area contributed by atoms with Gasteiger partial charge in [-0.25, -0.2) is 4.84 Å². The summed E-state index contributed by atoms with van der Waals surface area (Å²) in [6.45, 7) is 4.63. The van der Waals surface area contributed by atoms with Crippen LogP contribution in [0.2, 0.25) is 0 Å². The molecule has 1 rings (SSSR count). The van der Waals surface area contributed by atoms with Crippen molar-refractivity contribution in [3.63, 3.8) is 0 Å². The average molecular weight is 162 g/mol. The van der Waals surface area contributed by atoms with Crippen LogP contribution in [0.5, 0.6) is 0 Å². The van der Waals surface area contributed by atoms with Gasteiger partial charge in [0.2, 0.25) is 0 Å². The van der Waals surface area contributed by atoms with Crippen molar-refractivity contribution in [2.24, 2.45) is 5.41 Å². The summed E-state index contributed by atoms with van der Waals surface area (Å²) in [5, 5.41) is 0. The molecule has 1 saturated carbocycles. The monoisotopic (exact) mass is 161 g/mol. The third-order valence-corrected chi connectivity index (χ3v) is 2.67. The Morgan fingerprint density at radius 2 is 2.20 bits per heavy atom. The van der Waals surface area contributed by atoms with Crippen LogP contribution in [0.15, 0.2) is 0 Å². The minimum absolute atomic E-state index is 0.505. The minimum atomic E-state index is 0.505. The van der Waals surface area contributed by atoms with Gasteiger partial charge in [0.05, 0.1) is 0 Å². The molecule has 0 saturated heterocycles. The van der Waals surface area contributed by atoms with E-state index in [0.717, 1.165) is 0 Å². The Kier molecular flexibility index (Phi) is 2.59.